The molecule has 1 unspecified atom stereocenters. The predicted molar refractivity (Wildman–Crippen MR) is 92.7 cm³/mol. The van der Waals surface area contributed by atoms with E-state index in [9.17, 15) is 4.79 Å². The molecule has 1 N–H and O–H groups in total. The van der Waals surface area contributed by atoms with Crippen LogP contribution in [-0.2, 0) is 11.2 Å². The maximum atomic E-state index is 12.8. The Morgan fingerprint density at radius 3 is 2.91 bits per heavy atom. The Morgan fingerprint density at radius 1 is 1.39 bits per heavy atom. The number of carbonyl (C=O) groups excluding carboxylic acids is 1. The van der Waals surface area contributed by atoms with Gasteiger partial charge in [-0.15, -0.1) is 0 Å². The first-order valence-electron chi connectivity index (χ1n) is 8.58. The van der Waals surface area contributed by atoms with Crippen LogP contribution in [0.4, 0.5) is 0 Å². The van der Waals surface area contributed by atoms with Gasteiger partial charge in [-0.05, 0) is 44.4 Å². The van der Waals surface area contributed by atoms with Gasteiger partial charge in [0.2, 0.25) is 5.91 Å². The van der Waals surface area contributed by atoms with E-state index in [1.54, 1.807) is 6.26 Å². The molecule has 1 aliphatic rings. The zero-order valence-corrected chi connectivity index (χ0v) is 14.3. The monoisotopic (exact) mass is 314 g/mol. The average Bonchev–Trinajstić information content (AvgIpc) is 3.19. The molecule has 0 saturated carbocycles. The minimum atomic E-state index is 0.210. The smallest absolute Gasteiger partial charge is 0.227 e. The van der Waals surface area contributed by atoms with Crippen molar-refractivity contribution in [3.05, 3.63) is 35.1 Å². The summed E-state index contributed by atoms with van der Waals surface area (Å²) in [6, 6.07) is 4.52. The van der Waals surface area contributed by atoms with Gasteiger partial charge in [0.05, 0.1) is 12.7 Å². The van der Waals surface area contributed by atoms with Crippen LogP contribution in [0.15, 0.2) is 22.8 Å². The highest BCUT2D eigenvalue weighted by Gasteiger charge is 2.26. The minimum Gasteiger partial charge on any atom is -0.464 e. The van der Waals surface area contributed by atoms with Crippen LogP contribution in [0.3, 0.4) is 0 Å². The second-order valence-corrected chi connectivity index (χ2v) is 6.56. The van der Waals surface area contributed by atoms with Gasteiger partial charge in [-0.3, -0.25) is 4.79 Å². The molecule has 0 radical (unpaired) electrons. The number of amides is 1. The van der Waals surface area contributed by atoms with Crippen molar-refractivity contribution in [3.8, 4) is 0 Å². The fraction of sp³-hybridized carbons (Fsp3) is 0.526. The lowest BCUT2D eigenvalue weighted by molar-refractivity contribution is -0.132. The number of nitrogens with zero attached hydrogens (tertiary/aromatic N) is 1. The van der Waals surface area contributed by atoms with E-state index in [0.717, 1.165) is 54.6 Å². The van der Waals surface area contributed by atoms with Crippen LogP contribution in [0.25, 0.3) is 11.0 Å². The highest BCUT2D eigenvalue weighted by molar-refractivity contribution is 5.89. The Kier molecular flexibility index (Phi) is 4.71. The van der Waals surface area contributed by atoms with Gasteiger partial charge in [-0.25, -0.2) is 0 Å². The quantitative estimate of drug-likeness (QED) is 0.922. The molecule has 1 amide bonds. The highest BCUT2D eigenvalue weighted by atomic mass is 16.3. The van der Waals surface area contributed by atoms with E-state index in [-0.39, 0.29) is 5.91 Å². The van der Waals surface area contributed by atoms with Crippen molar-refractivity contribution < 1.29 is 9.21 Å². The van der Waals surface area contributed by atoms with Gasteiger partial charge < -0.3 is 14.6 Å². The summed E-state index contributed by atoms with van der Waals surface area (Å²) in [4.78, 5) is 14.9. The summed E-state index contributed by atoms with van der Waals surface area (Å²) in [5, 5.41) is 4.43. The number of furan rings is 1. The van der Waals surface area contributed by atoms with E-state index in [4.69, 9.17) is 4.42 Å². The van der Waals surface area contributed by atoms with Gasteiger partial charge in [0, 0.05) is 30.1 Å². The molecule has 1 aromatic heterocycles. The number of nitrogens with one attached hydrogen (secondary N) is 1. The third-order valence-corrected chi connectivity index (χ3v) is 4.94. The summed E-state index contributed by atoms with van der Waals surface area (Å²) >= 11 is 0. The number of aryl methyl sites for hydroxylation is 2. The molecule has 0 bridgehead atoms. The SMILES string of the molecule is CCCN(C(=O)Cc1coc2c(C)c(C)ccc12)C1CCNC1. The summed E-state index contributed by atoms with van der Waals surface area (Å²) in [6.45, 7) is 9.03. The number of rotatable bonds is 5. The van der Waals surface area contributed by atoms with Crippen LogP contribution in [-0.4, -0.2) is 36.5 Å². The summed E-state index contributed by atoms with van der Waals surface area (Å²) in [7, 11) is 0. The van der Waals surface area contributed by atoms with Crippen molar-refractivity contribution in [1.82, 2.24) is 10.2 Å². The first-order valence-corrected chi connectivity index (χ1v) is 8.58. The van der Waals surface area contributed by atoms with Gasteiger partial charge in [0.25, 0.3) is 0 Å². The van der Waals surface area contributed by atoms with E-state index < -0.39 is 0 Å². The van der Waals surface area contributed by atoms with Crippen molar-refractivity contribution in [2.75, 3.05) is 19.6 Å². The largest absolute Gasteiger partial charge is 0.464 e. The van der Waals surface area contributed by atoms with E-state index in [1.165, 1.54) is 5.56 Å². The zero-order valence-electron chi connectivity index (χ0n) is 14.3. The lowest BCUT2D eigenvalue weighted by Crippen LogP contribution is -2.42. The van der Waals surface area contributed by atoms with Crippen LogP contribution >= 0.6 is 0 Å². The number of carbonyl (C=O) groups is 1. The van der Waals surface area contributed by atoms with Crippen molar-refractivity contribution in [1.29, 1.82) is 0 Å². The maximum Gasteiger partial charge on any atom is 0.227 e. The molecule has 1 fully saturated rings. The first-order chi connectivity index (χ1) is 11.1. The van der Waals surface area contributed by atoms with Crippen molar-refractivity contribution >= 4 is 16.9 Å². The summed E-state index contributed by atoms with van der Waals surface area (Å²) in [5.74, 6) is 0.210. The second-order valence-electron chi connectivity index (χ2n) is 6.56. The van der Waals surface area contributed by atoms with Gasteiger partial charge >= 0.3 is 0 Å². The average molecular weight is 314 g/mol. The molecule has 1 aromatic carbocycles. The number of benzene rings is 1. The fourth-order valence-corrected chi connectivity index (χ4v) is 3.45. The first kappa shape index (κ1) is 16.1. The molecule has 124 valence electrons. The molecule has 2 heterocycles. The van der Waals surface area contributed by atoms with Gasteiger partial charge in [-0.1, -0.05) is 19.1 Å². The molecule has 4 heteroatoms. The molecular formula is C19H26N2O2. The van der Waals surface area contributed by atoms with Gasteiger partial charge in [0.1, 0.15) is 5.58 Å². The Hall–Kier alpha value is -1.81. The number of hydrogen-bond acceptors (Lipinski definition) is 3. The topological polar surface area (TPSA) is 45.5 Å². The second kappa shape index (κ2) is 6.75. The van der Waals surface area contributed by atoms with Crippen molar-refractivity contribution in [3.63, 3.8) is 0 Å². The summed E-state index contributed by atoms with van der Waals surface area (Å²) in [5.41, 5.74) is 4.29. The lowest BCUT2D eigenvalue weighted by Gasteiger charge is -2.28. The number of hydrogen-bond donors (Lipinski definition) is 1. The lowest BCUT2D eigenvalue weighted by atomic mass is 10.0. The van der Waals surface area contributed by atoms with Gasteiger partial charge in [0.15, 0.2) is 0 Å². The molecule has 0 spiro atoms. The summed E-state index contributed by atoms with van der Waals surface area (Å²) < 4.78 is 5.74. The standard InChI is InChI=1S/C19H26N2O2/c1-4-9-21(16-7-8-20-11-16)18(22)10-15-12-23-19-14(3)13(2)5-6-17(15)19/h5-6,12,16,20H,4,7-11H2,1-3H3. The van der Waals surface area contributed by atoms with Crippen LogP contribution in [0.1, 0.15) is 36.5 Å². The third kappa shape index (κ3) is 3.13. The van der Waals surface area contributed by atoms with Crippen LogP contribution in [0.2, 0.25) is 0 Å². The van der Waals surface area contributed by atoms with E-state index in [2.05, 4.69) is 43.1 Å². The van der Waals surface area contributed by atoms with E-state index >= 15 is 0 Å². The Morgan fingerprint density at radius 2 is 2.22 bits per heavy atom. The molecule has 23 heavy (non-hydrogen) atoms. The summed E-state index contributed by atoms with van der Waals surface area (Å²) in [6.07, 6.45) is 4.22. The zero-order chi connectivity index (χ0) is 16.4. The Balaban J connectivity index is 1.82. The molecule has 1 atom stereocenters. The number of fused-ring (bicyclic) bond motifs is 1. The molecule has 2 aromatic rings. The van der Waals surface area contributed by atoms with E-state index in [0.29, 0.717) is 12.5 Å². The predicted octanol–water partition coefficient (Wildman–Crippen LogP) is 3.19. The Bertz CT molecular complexity index is 699. The molecule has 0 aliphatic carbocycles. The molecule has 1 aliphatic heterocycles. The molecule has 3 rings (SSSR count). The Labute approximate surface area is 137 Å². The van der Waals surface area contributed by atoms with Crippen LogP contribution < -0.4 is 5.32 Å². The normalized spacial score (nSPS) is 17.8. The van der Waals surface area contributed by atoms with Crippen molar-refractivity contribution in [2.24, 2.45) is 0 Å². The maximum absolute atomic E-state index is 12.8. The van der Waals surface area contributed by atoms with Crippen molar-refractivity contribution in [2.45, 2.75) is 46.1 Å². The van der Waals surface area contributed by atoms with Crippen LogP contribution in [0.5, 0.6) is 0 Å². The minimum absolute atomic E-state index is 0.210. The molecule has 4 nitrogen and oxygen atoms in total. The van der Waals surface area contributed by atoms with Gasteiger partial charge in [-0.2, -0.15) is 0 Å². The molecule has 1 saturated heterocycles. The molecular weight excluding hydrogens is 288 g/mol. The third-order valence-electron chi connectivity index (χ3n) is 4.94. The van der Waals surface area contributed by atoms with E-state index in [1.807, 2.05) is 0 Å². The fourth-order valence-electron chi connectivity index (χ4n) is 3.45. The van der Waals surface area contributed by atoms with Crippen LogP contribution in [0, 0.1) is 13.8 Å². The highest BCUT2D eigenvalue weighted by Crippen LogP contribution is 2.27.